The predicted molar refractivity (Wildman–Crippen MR) is 56.0 cm³/mol. The molecule has 0 saturated carbocycles. The first-order chi connectivity index (χ1) is 6.33. The van der Waals surface area contributed by atoms with Gasteiger partial charge in [0, 0.05) is 12.8 Å². The number of aromatic nitrogens is 2. The summed E-state index contributed by atoms with van der Waals surface area (Å²) in [4.78, 5) is 6.66. The van der Waals surface area contributed by atoms with E-state index in [0.717, 1.165) is 5.82 Å². The monoisotopic (exact) mass is 217 g/mol. The van der Waals surface area contributed by atoms with Crippen molar-refractivity contribution < 1.29 is 8.42 Å². The zero-order valence-electron chi connectivity index (χ0n) is 8.53. The van der Waals surface area contributed by atoms with Crippen molar-refractivity contribution in [1.29, 1.82) is 0 Å². The number of imidazole rings is 1. The molecule has 6 heteroatoms. The Kier molecular flexibility index (Phi) is 2.84. The highest BCUT2D eigenvalue weighted by atomic mass is 32.2. The summed E-state index contributed by atoms with van der Waals surface area (Å²) in [6.07, 6.45) is 4.38. The van der Waals surface area contributed by atoms with E-state index in [2.05, 4.69) is 15.3 Å². The molecule has 2 N–H and O–H groups in total. The average Bonchev–Trinajstić information content (AvgIpc) is 2.50. The van der Waals surface area contributed by atoms with Crippen LogP contribution >= 0.6 is 0 Å². The standard InChI is InChI=1S/C8H15N3O2S/c1-8(2,14(3,12)13)5-10-7-4-9-6-11-7/h4,6,10H,5H2,1-3H3,(H,9,11). The van der Waals surface area contributed by atoms with Gasteiger partial charge in [0.2, 0.25) is 0 Å². The minimum Gasteiger partial charge on any atom is -0.369 e. The second-order valence-corrected chi connectivity index (χ2v) is 6.50. The van der Waals surface area contributed by atoms with Gasteiger partial charge in [0.15, 0.2) is 9.84 Å². The molecule has 14 heavy (non-hydrogen) atoms. The molecule has 0 aliphatic carbocycles. The Morgan fingerprint density at radius 1 is 1.57 bits per heavy atom. The van der Waals surface area contributed by atoms with Gasteiger partial charge in [0.05, 0.1) is 17.3 Å². The molecule has 0 aromatic carbocycles. The molecule has 0 aliphatic heterocycles. The number of sulfone groups is 1. The first-order valence-electron chi connectivity index (χ1n) is 4.25. The Morgan fingerprint density at radius 3 is 2.64 bits per heavy atom. The molecule has 0 amide bonds. The second-order valence-electron chi connectivity index (χ2n) is 3.85. The predicted octanol–water partition coefficient (Wildman–Crippen LogP) is 0.645. The molecule has 1 aromatic heterocycles. The number of hydrogen-bond acceptors (Lipinski definition) is 4. The largest absolute Gasteiger partial charge is 0.369 e. The molecule has 0 radical (unpaired) electrons. The summed E-state index contributed by atoms with van der Waals surface area (Å²) in [5.41, 5.74) is 0. The van der Waals surface area contributed by atoms with Crippen LogP contribution in [0.25, 0.3) is 0 Å². The zero-order valence-corrected chi connectivity index (χ0v) is 9.35. The van der Waals surface area contributed by atoms with Crippen LogP contribution in [0.4, 0.5) is 5.82 Å². The van der Waals surface area contributed by atoms with Crippen molar-refractivity contribution in [3.63, 3.8) is 0 Å². The lowest BCUT2D eigenvalue weighted by atomic mass is 10.2. The van der Waals surface area contributed by atoms with E-state index in [0.29, 0.717) is 6.54 Å². The maximum absolute atomic E-state index is 11.3. The molecule has 1 aromatic rings. The molecule has 80 valence electrons. The summed E-state index contributed by atoms with van der Waals surface area (Å²) >= 11 is 0. The van der Waals surface area contributed by atoms with Crippen molar-refractivity contribution in [3.8, 4) is 0 Å². The number of hydrogen-bond donors (Lipinski definition) is 2. The van der Waals surface area contributed by atoms with Crippen molar-refractivity contribution >= 4 is 15.7 Å². The van der Waals surface area contributed by atoms with Crippen molar-refractivity contribution in [2.45, 2.75) is 18.6 Å². The Balaban J connectivity index is 2.62. The van der Waals surface area contributed by atoms with E-state index in [-0.39, 0.29) is 0 Å². The highest BCUT2D eigenvalue weighted by Gasteiger charge is 2.29. The van der Waals surface area contributed by atoms with Crippen LogP contribution in [-0.2, 0) is 9.84 Å². The third-order valence-electron chi connectivity index (χ3n) is 2.21. The Morgan fingerprint density at radius 2 is 2.21 bits per heavy atom. The van der Waals surface area contributed by atoms with E-state index in [4.69, 9.17) is 0 Å². The Labute approximate surface area is 83.9 Å². The van der Waals surface area contributed by atoms with Crippen LogP contribution < -0.4 is 5.32 Å². The van der Waals surface area contributed by atoms with E-state index in [1.165, 1.54) is 12.6 Å². The number of aromatic amines is 1. The average molecular weight is 217 g/mol. The van der Waals surface area contributed by atoms with Crippen molar-refractivity contribution in [2.75, 3.05) is 18.1 Å². The summed E-state index contributed by atoms with van der Waals surface area (Å²) < 4.78 is 21.9. The third kappa shape index (κ3) is 2.47. The van der Waals surface area contributed by atoms with Crippen molar-refractivity contribution in [3.05, 3.63) is 12.5 Å². The topological polar surface area (TPSA) is 74.8 Å². The SMILES string of the molecule is CC(C)(CNc1cnc[nH]1)S(C)(=O)=O. The molecule has 0 saturated heterocycles. The fourth-order valence-corrected chi connectivity index (χ4v) is 1.13. The zero-order chi connectivity index (χ0) is 10.8. The van der Waals surface area contributed by atoms with Gasteiger partial charge in [-0.05, 0) is 13.8 Å². The molecule has 0 spiro atoms. The van der Waals surface area contributed by atoms with Crippen LogP contribution in [0, 0.1) is 0 Å². The van der Waals surface area contributed by atoms with E-state index in [1.54, 1.807) is 20.0 Å². The number of nitrogens with zero attached hydrogens (tertiary/aromatic N) is 1. The van der Waals surface area contributed by atoms with E-state index < -0.39 is 14.6 Å². The highest BCUT2D eigenvalue weighted by Crippen LogP contribution is 2.15. The van der Waals surface area contributed by atoms with E-state index >= 15 is 0 Å². The fraction of sp³-hybridized carbons (Fsp3) is 0.625. The molecule has 1 heterocycles. The Hall–Kier alpha value is -1.04. The van der Waals surface area contributed by atoms with Crippen LogP contribution in [0.1, 0.15) is 13.8 Å². The van der Waals surface area contributed by atoms with Crippen LogP contribution in [0.2, 0.25) is 0 Å². The summed E-state index contributed by atoms with van der Waals surface area (Å²) in [6, 6.07) is 0. The third-order valence-corrected chi connectivity index (χ3v) is 4.36. The first kappa shape index (κ1) is 11.0. The van der Waals surface area contributed by atoms with Gasteiger partial charge < -0.3 is 10.3 Å². The van der Waals surface area contributed by atoms with Gasteiger partial charge in [-0.2, -0.15) is 0 Å². The van der Waals surface area contributed by atoms with Crippen molar-refractivity contribution in [1.82, 2.24) is 9.97 Å². The van der Waals surface area contributed by atoms with Crippen LogP contribution in [0.15, 0.2) is 12.5 Å². The van der Waals surface area contributed by atoms with Gasteiger partial charge >= 0.3 is 0 Å². The fourth-order valence-electron chi connectivity index (χ4n) is 0.792. The summed E-state index contributed by atoms with van der Waals surface area (Å²) in [5.74, 6) is 0.724. The number of H-pyrrole nitrogens is 1. The maximum atomic E-state index is 11.3. The van der Waals surface area contributed by atoms with Crippen LogP contribution in [0.3, 0.4) is 0 Å². The van der Waals surface area contributed by atoms with Crippen LogP contribution in [-0.4, -0.2) is 35.9 Å². The van der Waals surface area contributed by atoms with Gasteiger partial charge in [0.1, 0.15) is 5.82 Å². The van der Waals surface area contributed by atoms with E-state index in [9.17, 15) is 8.42 Å². The molecule has 0 bridgehead atoms. The summed E-state index contributed by atoms with van der Waals surface area (Å²) in [6.45, 7) is 3.73. The number of nitrogens with one attached hydrogen (secondary N) is 2. The molecule has 0 unspecified atom stereocenters. The first-order valence-corrected chi connectivity index (χ1v) is 6.14. The van der Waals surface area contributed by atoms with E-state index in [1.807, 2.05) is 0 Å². The van der Waals surface area contributed by atoms with Gasteiger partial charge in [-0.15, -0.1) is 0 Å². The lowest BCUT2D eigenvalue weighted by Crippen LogP contribution is -2.38. The molecule has 0 fully saturated rings. The molecular formula is C8H15N3O2S. The van der Waals surface area contributed by atoms with Gasteiger partial charge in [-0.25, -0.2) is 13.4 Å². The Bertz CT molecular complexity index is 381. The second kappa shape index (κ2) is 3.61. The lowest BCUT2D eigenvalue weighted by Gasteiger charge is -2.22. The molecular weight excluding hydrogens is 202 g/mol. The molecule has 5 nitrogen and oxygen atoms in total. The summed E-state index contributed by atoms with van der Waals surface area (Å²) in [5, 5.41) is 2.97. The van der Waals surface area contributed by atoms with Gasteiger partial charge in [-0.1, -0.05) is 0 Å². The summed E-state index contributed by atoms with van der Waals surface area (Å²) in [7, 11) is -3.05. The quantitative estimate of drug-likeness (QED) is 0.776. The maximum Gasteiger partial charge on any atom is 0.154 e. The highest BCUT2D eigenvalue weighted by molar-refractivity contribution is 7.92. The van der Waals surface area contributed by atoms with Crippen molar-refractivity contribution in [2.24, 2.45) is 0 Å². The van der Waals surface area contributed by atoms with Crippen LogP contribution in [0.5, 0.6) is 0 Å². The normalized spacial score (nSPS) is 12.8. The molecule has 0 atom stereocenters. The molecule has 1 rings (SSSR count). The number of rotatable bonds is 4. The minimum atomic E-state index is -3.05. The number of anilines is 1. The van der Waals surface area contributed by atoms with Gasteiger partial charge in [0.25, 0.3) is 0 Å². The molecule has 0 aliphatic rings. The smallest absolute Gasteiger partial charge is 0.154 e. The lowest BCUT2D eigenvalue weighted by molar-refractivity contribution is 0.559. The minimum absolute atomic E-state index is 0.355. The van der Waals surface area contributed by atoms with Gasteiger partial charge in [-0.3, -0.25) is 0 Å².